The highest BCUT2D eigenvalue weighted by molar-refractivity contribution is 9.10. The van der Waals surface area contributed by atoms with E-state index in [1.54, 1.807) is 31.2 Å². The predicted molar refractivity (Wildman–Crippen MR) is 114 cm³/mol. The second-order valence-corrected chi connectivity index (χ2v) is 7.42. The smallest absolute Gasteiger partial charge is 0.357 e. The highest BCUT2D eigenvalue weighted by Crippen LogP contribution is 2.20. The number of hydrogen-bond acceptors (Lipinski definition) is 4. The number of carboxylic acid groups (broad SMARTS) is 1. The Kier molecular flexibility index (Phi) is 5.97. The van der Waals surface area contributed by atoms with E-state index < -0.39 is 17.2 Å². The summed E-state index contributed by atoms with van der Waals surface area (Å²) in [5, 5.41) is 23.6. The molecule has 0 atom stereocenters. The fraction of sp³-hybridized carbons (Fsp3) is 0.0476. The summed E-state index contributed by atoms with van der Waals surface area (Å²) in [5.74, 6) is -1.36. The summed E-state index contributed by atoms with van der Waals surface area (Å²) in [6, 6.07) is 13.8. The molecule has 0 amide bonds. The first-order valence-corrected chi connectivity index (χ1v) is 9.50. The number of hydrogen-bond donors (Lipinski definition) is 1. The molecule has 1 heterocycles. The van der Waals surface area contributed by atoms with Gasteiger partial charge in [0.25, 0.3) is 5.56 Å². The van der Waals surface area contributed by atoms with Crippen LogP contribution in [0.3, 0.4) is 0 Å². The molecule has 6 nitrogen and oxygen atoms in total. The highest BCUT2D eigenvalue weighted by atomic mass is 79.9. The third-order valence-corrected chi connectivity index (χ3v) is 5.04. The van der Waals surface area contributed by atoms with Crippen LogP contribution in [0.4, 0.5) is 0 Å². The first-order chi connectivity index (χ1) is 13.8. The monoisotopic (exact) mass is 469 g/mol. The summed E-state index contributed by atoms with van der Waals surface area (Å²) in [6.07, 6.45) is 3.02. The number of halogens is 2. The molecule has 0 bridgehead atoms. The van der Waals surface area contributed by atoms with E-state index in [0.29, 0.717) is 5.02 Å². The van der Waals surface area contributed by atoms with Crippen LogP contribution < -0.4 is 5.56 Å². The van der Waals surface area contributed by atoms with Crippen LogP contribution in [0.1, 0.15) is 32.7 Å². The van der Waals surface area contributed by atoms with E-state index >= 15 is 0 Å². The van der Waals surface area contributed by atoms with Crippen LogP contribution in [0.25, 0.3) is 17.8 Å². The van der Waals surface area contributed by atoms with Gasteiger partial charge in [0.1, 0.15) is 11.6 Å². The molecule has 2 aromatic carbocycles. The normalized spacial score (nSPS) is 10.8. The molecule has 1 aromatic heterocycles. The fourth-order valence-corrected chi connectivity index (χ4v) is 3.24. The second-order valence-electron chi connectivity index (χ2n) is 6.09. The van der Waals surface area contributed by atoms with Crippen LogP contribution in [0.15, 0.2) is 51.7 Å². The summed E-state index contributed by atoms with van der Waals surface area (Å²) >= 11 is 9.47. The summed E-state index contributed by atoms with van der Waals surface area (Å²) in [7, 11) is 0. The summed E-state index contributed by atoms with van der Waals surface area (Å²) in [6.45, 7) is 1.79. The lowest BCUT2D eigenvalue weighted by atomic mass is 10.1. The van der Waals surface area contributed by atoms with Gasteiger partial charge in [-0.3, -0.25) is 4.79 Å². The molecule has 3 aromatic rings. The van der Waals surface area contributed by atoms with Crippen LogP contribution in [-0.4, -0.2) is 20.9 Å². The number of nitriles is 1. The van der Waals surface area contributed by atoms with E-state index in [4.69, 9.17) is 11.6 Å². The molecule has 0 aliphatic carbocycles. The number of aromatic nitrogens is 2. The van der Waals surface area contributed by atoms with Crippen molar-refractivity contribution in [3.63, 3.8) is 0 Å². The molecule has 0 fully saturated rings. The third kappa shape index (κ3) is 4.29. The highest BCUT2D eigenvalue weighted by Gasteiger charge is 2.21. The van der Waals surface area contributed by atoms with Gasteiger partial charge in [-0.1, -0.05) is 57.9 Å². The largest absolute Gasteiger partial charge is 0.476 e. The number of aryl methyl sites for hydroxylation is 1. The molecule has 0 spiro atoms. The molecule has 0 unspecified atom stereocenters. The van der Waals surface area contributed by atoms with Gasteiger partial charge in [0, 0.05) is 15.1 Å². The quantitative estimate of drug-likeness (QED) is 0.596. The SMILES string of the molecule is Cc1ccc(-n2nc(C(=O)O)c(/C=C\c3cccc(Br)c3)c(C#N)c2=O)cc1Cl. The van der Waals surface area contributed by atoms with Crippen molar-refractivity contribution >= 4 is 45.7 Å². The number of carbonyl (C=O) groups is 1. The van der Waals surface area contributed by atoms with Gasteiger partial charge in [-0.2, -0.15) is 15.0 Å². The first-order valence-electron chi connectivity index (χ1n) is 8.32. The Morgan fingerprint density at radius 2 is 2.03 bits per heavy atom. The Bertz CT molecular complexity index is 1260. The average Bonchev–Trinajstić information content (AvgIpc) is 2.68. The molecule has 29 heavy (non-hydrogen) atoms. The number of rotatable bonds is 4. The molecule has 1 N–H and O–H groups in total. The molecule has 0 radical (unpaired) electrons. The van der Waals surface area contributed by atoms with Crippen molar-refractivity contribution in [2.75, 3.05) is 0 Å². The van der Waals surface area contributed by atoms with Crippen molar-refractivity contribution in [1.82, 2.24) is 9.78 Å². The van der Waals surface area contributed by atoms with Crippen LogP contribution in [0, 0.1) is 18.3 Å². The van der Waals surface area contributed by atoms with Gasteiger partial charge in [-0.25, -0.2) is 4.79 Å². The zero-order chi connectivity index (χ0) is 21.1. The lowest BCUT2D eigenvalue weighted by Gasteiger charge is -2.10. The van der Waals surface area contributed by atoms with E-state index in [1.807, 2.05) is 24.3 Å². The summed E-state index contributed by atoms with van der Waals surface area (Å²) in [5.41, 5.74) is 0.299. The van der Waals surface area contributed by atoms with Gasteiger partial charge >= 0.3 is 5.97 Å². The molecule has 8 heteroatoms. The standard InChI is InChI=1S/C21H13BrClN3O3/c1-12-5-7-15(10-18(12)23)26-20(27)17(11-24)16(19(25-26)21(28)29)8-6-13-3-2-4-14(22)9-13/h2-10H,1H3,(H,28,29)/b8-6-. The number of nitrogens with zero attached hydrogens (tertiary/aromatic N) is 3. The number of benzene rings is 2. The van der Waals surface area contributed by atoms with E-state index in [9.17, 15) is 20.0 Å². The lowest BCUT2D eigenvalue weighted by molar-refractivity contribution is 0.0688. The van der Waals surface area contributed by atoms with Crippen LogP contribution >= 0.6 is 27.5 Å². The van der Waals surface area contributed by atoms with E-state index in [-0.39, 0.29) is 16.8 Å². The van der Waals surface area contributed by atoms with Crippen molar-refractivity contribution < 1.29 is 9.90 Å². The van der Waals surface area contributed by atoms with Crippen molar-refractivity contribution in [3.8, 4) is 11.8 Å². The Hall–Kier alpha value is -3.21. The predicted octanol–water partition coefficient (Wildman–Crippen LogP) is 4.70. The van der Waals surface area contributed by atoms with Gasteiger partial charge in [-0.05, 0) is 42.3 Å². The average molecular weight is 471 g/mol. The Labute approximate surface area is 179 Å². The van der Waals surface area contributed by atoms with E-state index in [1.165, 1.54) is 12.1 Å². The van der Waals surface area contributed by atoms with E-state index in [0.717, 1.165) is 20.3 Å². The maximum absolute atomic E-state index is 12.9. The lowest BCUT2D eigenvalue weighted by Crippen LogP contribution is -2.28. The third-order valence-electron chi connectivity index (χ3n) is 4.14. The minimum Gasteiger partial charge on any atom is -0.476 e. The van der Waals surface area contributed by atoms with Gasteiger partial charge in [0.05, 0.1) is 5.69 Å². The van der Waals surface area contributed by atoms with Gasteiger partial charge in [-0.15, -0.1) is 0 Å². The Morgan fingerprint density at radius 1 is 1.28 bits per heavy atom. The van der Waals surface area contributed by atoms with Gasteiger partial charge < -0.3 is 5.11 Å². The maximum Gasteiger partial charge on any atom is 0.357 e. The van der Waals surface area contributed by atoms with Crippen LogP contribution in [0.5, 0.6) is 0 Å². The zero-order valence-corrected chi connectivity index (χ0v) is 17.4. The molecule has 0 saturated carbocycles. The van der Waals surface area contributed by atoms with E-state index in [2.05, 4.69) is 21.0 Å². The zero-order valence-electron chi connectivity index (χ0n) is 15.1. The molecule has 3 rings (SSSR count). The molecule has 144 valence electrons. The molecule has 0 saturated heterocycles. The first kappa shape index (κ1) is 20.5. The van der Waals surface area contributed by atoms with Crippen molar-refractivity contribution in [2.24, 2.45) is 0 Å². The topological polar surface area (TPSA) is 96.0 Å². The molecular weight excluding hydrogens is 458 g/mol. The summed E-state index contributed by atoms with van der Waals surface area (Å²) in [4.78, 5) is 24.7. The van der Waals surface area contributed by atoms with Gasteiger partial charge in [0.15, 0.2) is 5.69 Å². The molecule has 0 aliphatic rings. The number of carboxylic acids is 1. The Morgan fingerprint density at radius 3 is 2.66 bits per heavy atom. The van der Waals surface area contributed by atoms with Crippen LogP contribution in [-0.2, 0) is 0 Å². The molecule has 0 aliphatic heterocycles. The summed E-state index contributed by atoms with van der Waals surface area (Å²) < 4.78 is 1.72. The molecular formula is C21H13BrClN3O3. The van der Waals surface area contributed by atoms with Crippen molar-refractivity contribution in [1.29, 1.82) is 5.26 Å². The van der Waals surface area contributed by atoms with Crippen molar-refractivity contribution in [2.45, 2.75) is 6.92 Å². The minimum atomic E-state index is -1.36. The maximum atomic E-state index is 12.9. The minimum absolute atomic E-state index is 0.0561. The fourth-order valence-electron chi connectivity index (χ4n) is 2.65. The number of aromatic carboxylic acids is 1. The van der Waals surface area contributed by atoms with Crippen molar-refractivity contribution in [3.05, 3.63) is 90.3 Å². The van der Waals surface area contributed by atoms with Gasteiger partial charge in [0.2, 0.25) is 0 Å². The second kappa shape index (κ2) is 8.43. The van der Waals surface area contributed by atoms with Crippen LogP contribution in [0.2, 0.25) is 5.02 Å². The Balaban J connectivity index is 2.23.